The first-order valence-corrected chi connectivity index (χ1v) is 10.9. The highest BCUT2D eigenvalue weighted by atomic mass is 19.1. The minimum absolute atomic E-state index is 0.0142. The van der Waals surface area contributed by atoms with Gasteiger partial charge in [-0.3, -0.25) is 14.4 Å². The van der Waals surface area contributed by atoms with Crippen LogP contribution in [0, 0.1) is 11.2 Å². The van der Waals surface area contributed by atoms with Gasteiger partial charge in [0.2, 0.25) is 0 Å². The summed E-state index contributed by atoms with van der Waals surface area (Å²) in [6.07, 6.45) is 3.90. The van der Waals surface area contributed by atoms with Crippen molar-refractivity contribution in [2.75, 3.05) is 10.6 Å². The SMILES string of the molecule is CCC1NC(=O)c2c1ccc(F)c2Nc1c(N[C@@H](/C(O)=C/C=C(C)C)C(C)(C)C)c(=O)c1=O. The molecule has 1 amide bonds. The van der Waals surface area contributed by atoms with Gasteiger partial charge in [-0.15, -0.1) is 0 Å². The molecule has 2 aromatic rings. The van der Waals surface area contributed by atoms with E-state index in [-0.39, 0.29) is 34.4 Å². The van der Waals surface area contributed by atoms with Crippen LogP contribution < -0.4 is 26.8 Å². The van der Waals surface area contributed by atoms with Gasteiger partial charge in [0, 0.05) is 0 Å². The van der Waals surface area contributed by atoms with Crippen molar-refractivity contribution in [3.8, 4) is 0 Å². The Bertz CT molecular complexity index is 1230. The summed E-state index contributed by atoms with van der Waals surface area (Å²) in [4.78, 5) is 37.3. The summed E-state index contributed by atoms with van der Waals surface area (Å²) in [5.41, 5.74) is -0.722. The highest BCUT2D eigenvalue weighted by molar-refractivity contribution is 6.05. The van der Waals surface area contributed by atoms with E-state index in [0.717, 1.165) is 5.57 Å². The number of nitrogens with one attached hydrogen (secondary N) is 3. The summed E-state index contributed by atoms with van der Waals surface area (Å²) in [5.74, 6) is -1.17. The zero-order chi connectivity index (χ0) is 24.7. The molecule has 4 N–H and O–H groups in total. The van der Waals surface area contributed by atoms with Gasteiger partial charge in [0.1, 0.15) is 23.0 Å². The van der Waals surface area contributed by atoms with Gasteiger partial charge in [-0.1, -0.05) is 45.4 Å². The molecule has 8 heteroatoms. The maximum absolute atomic E-state index is 14.7. The third-order valence-electron chi connectivity index (χ3n) is 5.70. The van der Waals surface area contributed by atoms with Crippen LogP contribution in [-0.2, 0) is 0 Å². The summed E-state index contributed by atoms with van der Waals surface area (Å²) < 4.78 is 14.7. The molecule has 1 unspecified atom stereocenters. The van der Waals surface area contributed by atoms with Crippen molar-refractivity contribution < 1.29 is 14.3 Å². The van der Waals surface area contributed by atoms with Crippen molar-refractivity contribution in [1.29, 1.82) is 0 Å². The monoisotopic (exact) mass is 455 g/mol. The Hall–Kier alpha value is -3.42. The molecule has 0 saturated carbocycles. The molecule has 7 nitrogen and oxygen atoms in total. The molecular formula is C25H30FN3O4. The number of hydrogen-bond donors (Lipinski definition) is 4. The minimum atomic E-state index is -0.819. The first-order valence-electron chi connectivity index (χ1n) is 10.9. The van der Waals surface area contributed by atoms with Crippen LogP contribution in [-0.4, -0.2) is 17.1 Å². The van der Waals surface area contributed by atoms with E-state index in [1.165, 1.54) is 12.1 Å². The molecule has 3 rings (SSSR count). The fraction of sp³-hybridized carbons (Fsp3) is 0.400. The first kappa shape index (κ1) is 24.2. The smallest absolute Gasteiger partial charge is 0.254 e. The number of anilines is 3. The highest BCUT2D eigenvalue weighted by Crippen LogP contribution is 2.37. The molecule has 1 aliphatic rings. The average molecular weight is 456 g/mol. The van der Waals surface area contributed by atoms with E-state index in [1.807, 2.05) is 41.5 Å². The van der Waals surface area contributed by atoms with E-state index in [4.69, 9.17) is 0 Å². The molecule has 1 heterocycles. The summed E-state index contributed by atoms with van der Waals surface area (Å²) in [6.45, 7) is 11.3. The molecule has 0 aromatic heterocycles. The summed E-state index contributed by atoms with van der Waals surface area (Å²) in [6, 6.07) is 1.83. The lowest BCUT2D eigenvalue weighted by Gasteiger charge is -2.32. The number of halogens is 1. The van der Waals surface area contributed by atoms with Crippen LogP contribution in [0.15, 0.2) is 45.2 Å². The molecule has 176 valence electrons. The van der Waals surface area contributed by atoms with Crippen LogP contribution in [0.25, 0.3) is 0 Å². The number of benzene rings is 1. The van der Waals surface area contributed by atoms with E-state index in [1.54, 1.807) is 12.1 Å². The van der Waals surface area contributed by atoms with Crippen LogP contribution in [0.2, 0.25) is 0 Å². The molecule has 0 bridgehead atoms. The Morgan fingerprint density at radius 1 is 1.12 bits per heavy atom. The van der Waals surface area contributed by atoms with Gasteiger partial charge in [0.25, 0.3) is 16.8 Å². The van der Waals surface area contributed by atoms with Gasteiger partial charge in [0.15, 0.2) is 0 Å². The fourth-order valence-electron chi connectivity index (χ4n) is 3.88. The molecule has 2 atom stereocenters. The predicted molar refractivity (Wildman–Crippen MR) is 129 cm³/mol. The number of amides is 1. The molecule has 0 fully saturated rings. The minimum Gasteiger partial charge on any atom is -0.510 e. The lowest BCUT2D eigenvalue weighted by molar-refractivity contribution is 0.0956. The normalized spacial score (nSPS) is 16.9. The van der Waals surface area contributed by atoms with Crippen molar-refractivity contribution in [3.05, 3.63) is 73.0 Å². The second-order valence-corrected chi connectivity index (χ2v) is 9.63. The third kappa shape index (κ3) is 4.55. The third-order valence-corrected chi connectivity index (χ3v) is 5.70. The van der Waals surface area contributed by atoms with E-state index in [0.29, 0.717) is 12.0 Å². The lowest BCUT2D eigenvalue weighted by Crippen LogP contribution is -2.43. The number of rotatable bonds is 7. The fourth-order valence-corrected chi connectivity index (χ4v) is 3.88. The maximum Gasteiger partial charge on any atom is 0.254 e. The number of carbonyl (C=O) groups is 1. The van der Waals surface area contributed by atoms with Crippen molar-refractivity contribution >= 4 is 23.0 Å². The largest absolute Gasteiger partial charge is 0.510 e. The summed E-state index contributed by atoms with van der Waals surface area (Å²) in [7, 11) is 0. The second-order valence-electron chi connectivity index (χ2n) is 9.63. The molecule has 33 heavy (non-hydrogen) atoms. The number of allylic oxidation sites excluding steroid dienone is 3. The maximum atomic E-state index is 14.7. The van der Waals surface area contributed by atoms with E-state index < -0.39 is 34.0 Å². The molecule has 0 radical (unpaired) electrons. The molecule has 2 aromatic carbocycles. The van der Waals surface area contributed by atoms with Crippen LogP contribution in [0.4, 0.5) is 21.5 Å². The van der Waals surface area contributed by atoms with Crippen LogP contribution in [0.1, 0.15) is 69.9 Å². The van der Waals surface area contributed by atoms with Crippen LogP contribution in [0.5, 0.6) is 0 Å². The van der Waals surface area contributed by atoms with Crippen molar-refractivity contribution in [2.24, 2.45) is 5.41 Å². The molecule has 0 aliphatic carbocycles. The Labute approximate surface area is 192 Å². The Kier molecular flexibility index (Phi) is 6.49. The number of hydrogen-bond acceptors (Lipinski definition) is 6. The van der Waals surface area contributed by atoms with Gasteiger partial charge in [-0.05, 0) is 43.4 Å². The Morgan fingerprint density at radius 2 is 1.76 bits per heavy atom. The number of fused-ring (bicyclic) bond motifs is 1. The number of aliphatic hydroxyl groups excluding tert-OH is 1. The van der Waals surface area contributed by atoms with Crippen molar-refractivity contribution in [3.63, 3.8) is 0 Å². The lowest BCUT2D eigenvalue weighted by atomic mass is 9.84. The Balaban J connectivity index is 2.02. The van der Waals surface area contributed by atoms with Crippen LogP contribution in [0.3, 0.4) is 0 Å². The van der Waals surface area contributed by atoms with Gasteiger partial charge < -0.3 is 21.1 Å². The van der Waals surface area contributed by atoms with Crippen LogP contribution >= 0.6 is 0 Å². The topological polar surface area (TPSA) is 108 Å². The first-order chi connectivity index (χ1) is 15.4. The Morgan fingerprint density at radius 3 is 2.33 bits per heavy atom. The molecular weight excluding hydrogens is 425 g/mol. The quantitative estimate of drug-likeness (QED) is 0.276. The zero-order valence-corrected chi connectivity index (χ0v) is 19.7. The standard InChI is InChI=1S/C25H30FN3O4/c1-7-15-13-9-10-14(26)18(17(13)24(33)27-15)28-19-20(22(32)21(19)31)29-23(25(4,5)6)16(30)11-8-12(2)3/h8-11,15,23,28-30H,7H2,1-6H3,(H,27,33)/b16-11-/t15?,23-/m0/s1. The van der Waals surface area contributed by atoms with Gasteiger partial charge in [-0.25, -0.2) is 4.39 Å². The van der Waals surface area contributed by atoms with Crippen molar-refractivity contribution in [1.82, 2.24) is 5.32 Å². The van der Waals surface area contributed by atoms with Gasteiger partial charge in [0.05, 0.1) is 23.3 Å². The van der Waals surface area contributed by atoms with E-state index in [9.17, 15) is 23.9 Å². The molecule has 0 spiro atoms. The van der Waals surface area contributed by atoms with Crippen molar-refractivity contribution in [2.45, 2.75) is 60.0 Å². The summed E-state index contributed by atoms with van der Waals surface area (Å²) in [5, 5.41) is 19.1. The number of carbonyl (C=O) groups excluding carboxylic acids is 1. The number of aliphatic hydroxyl groups is 1. The average Bonchev–Trinajstić information content (AvgIpc) is 3.07. The van der Waals surface area contributed by atoms with E-state index in [2.05, 4.69) is 16.0 Å². The summed E-state index contributed by atoms with van der Waals surface area (Å²) >= 11 is 0. The zero-order valence-electron chi connectivity index (χ0n) is 19.7. The highest BCUT2D eigenvalue weighted by Gasteiger charge is 2.35. The van der Waals surface area contributed by atoms with Gasteiger partial charge in [-0.2, -0.15) is 0 Å². The second kappa shape index (κ2) is 8.84. The van der Waals surface area contributed by atoms with E-state index >= 15 is 0 Å². The van der Waals surface area contributed by atoms with Gasteiger partial charge >= 0.3 is 0 Å². The molecule has 0 saturated heterocycles. The molecule has 1 aliphatic heterocycles. The predicted octanol–water partition coefficient (Wildman–Crippen LogP) is 4.59.